The summed E-state index contributed by atoms with van der Waals surface area (Å²) in [5.41, 5.74) is 0.393. The van der Waals surface area contributed by atoms with Gasteiger partial charge in [-0.25, -0.2) is 4.39 Å². The number of thiocarbonyl (C=S) groups is 1. The number of likely N-dealkylation sites (N-methyl/N-ethyl adjacent to an activating group) is 1. The zero-order chi connectivity index (χ0) is 11.0. The van der Waals surface area contributed by atoms with Crippen molar-refractivity contribution in [1.82, 2.24) is 4.90 Å². The van der Waals surface area contributed by atoms with Crippen molar-refractivity contribution < 1.29 is 9.13 Å². The first-order chi connectivity index (χ1) is 7.11. The zero-order valence-electron chi connectivity index (χ0n) is 8.03. The number of hydrogen-bond acceptors (Lipinski definition) is 3. The fourth-order valence-electron chi connectivity index (χ4n) is 1.46. The molecule has 0 spiro atoms. The number of benzene rings is 1. The van der Waals surface area contributed by atoms with Crippen LogP contribution in [0, 0.1) is 11.2 Å². The maximum Gasteiger partial charge on any atom is 0.244 e. The predicted molar refractivity (Wildman–Crippen MR) is 58.3 cm³/mol. The van der Waals surface area contributed by atoms with Gasteiger partial charge in [0.05, 0.1) is 0 Å². The van der Waals surface area contributed by atoms with E-state index < -0.39 is 6.23 Å². The largest absolute Gasteiger partial charge is 0.447 e. The Labute approximate surface area is 92.0 Å². The summed E-state index contributed by atoms with van der Waals surface area (Å²) in [6.45, 7) is 0. The van der Waals surface area contributed by atoms with Crippen LogP contribution in [-0.4, -0.2) is 22.8 Å². The summed E-state index contributed by atoms with van der Waals surface area (Å²) in [4.78, 5) is 1.86. The molecule has 1 N–H and O–H groups in total. The topological polar surface area (TPSA) is 36.3 Å². The van der Waals surface area contributed by atoms with Crippen LogP contribution in [0.4, 0.5) is 4.39 Å². The summed E-state index contributed by atoms with van der Waals surface area (Å²) in [5, 5.41) is 7.41. The molecule has 0 radical (unpaired) electrons. The number of nitrogens with one attached hydrogen (secondary N) is 1. The van der Waals surface area contributed by atoms with Gasteiger partial charge in [-0.05, 0) is 6.07 Å². The average Bonchev–Trinajstić information content (AvgIpc) is 2.47. The van der Waals surface area contributed by atoms with Gasteiger partial charge in [-0.3, -0.25) is 5.41 Å². The van der Waals surface area contributed by atoms with Crippen molar-refractivity contribution >= 4 is 23.1 Å². The minimum Gasteiger partial charge on any atom is -0.447 e. The Balaban J connectivity index is 2.38. The lowest BCUT2D eigenvalue weighted by Gasteiger charge is -2.18. The minimum atomic E-state index is -0.619. The van der Waals surface area contributed by atoms with Crippen molar-refractivity contribution in [2.75, 3.05) is 7.05 Å². The molecule has 1 saturated heterocycles. The lowest BCUT2D eigenvalue weighted by molar-refractivity contribution is 0.112. The lowest BCUT2D eigenvalue weighted by atomic mass is 10.2. The molecule has 1 fully saturated rings. The molecule has 2 rings (SSSR count). The van der Waals surface area contributed by atoms with Crippen LogP contribution in [0.15, 0.2) is 24.3 Å². The van der Waals surface area contributed by atoms with Crippen LogP contribution in [0.1, 0.15) is 11.8 Å². The molecule has 1 aliphatic rings. The third-order valence-electron chi connectivity index (χ3n) is 2.27. The van der Waals surface area contributed by atoms with E-state index in [0.29, 0.717) is 10.6 Å². The molecule has 0 bridgehead atoms. The molecule has 78 valence electrons. The van der Waals surface area contributed by atoms with E-state index in [1.54, 1.807) is 30.1 Å². The normalized spacial score (nSPS) is 20.7. The van der Waals surface area contributed by atoms with Gasteiger partial charge in [0.15, 0.2) is 4.99 Å². The minimum absolute atomic E-state index is 0.0826. The highest BCUT2D eigenvalue weighted by molar-refractivity contribution is 7.82. The molecule has 1 atom stereocenters. The van der Waals surface area contributed by atoms with Crippen LogP contribution in [0.25, 0.3) is 0 Å². The molecule has 0 aliphatic carbocycles. The molecule has 1 aliphatic heterocycles. The van der Waals surface area contributed by atoms with E-state index in [0.717, 1.165) is 0 Å². The van der Waals surface area contributed by atoms with E-state index in [4.69, 9.17) is 22.4 Å². The van der Waals surface area contributed by atoms with Gasteiger partial charge in [-0.15, -0.1) is 0 Å². The number of ether oxygens (including phenoxy) is 1. The standard InChI is InChI=1S/C10H9FN2OS/c1-13-9(14-8(12)10(13)15)6-4-2-3-5-7(6)11/h2-5,9,12H,1H3. The molecule has 1 aromatic rings. The van der Waals surface area contributed by atoms with Gasteiger partial charge in [0.25, 0.3) is 0 Å². The molecule has 1 aromatic carbocycles. The van der Waals surface area contributed by atoms with Gasteiger partial charge in [-0.1, -0.05) is 30.4 Å². The van der Waals surface area contributed by atoms with Gasteiger partial charge in [0, 0.05) is 12.6 Å². The second kappa shape index (κ2) is 3.58. The van der Waals surface area contributed by atoms with Gasteiger partial charge in [-0.2, -0.15) is 0 Å². The van der Waals surface area contributed by atoms with E-state index in [-0.39, 0.29) is 11.7 Å². The molecule has 1 unspecified atom stereocenters. The average molecular weight is 224 g/mol. The van der Waals surface area contributed by atoms with Crippen molar-refractivity contribution in [3.8, 4) is 0 Å². The molecule has 0 aromatic heterocycles. The third-order valence-corrected chi connectivity index (χ3v) is 2.74. The molecule has 1 heterocycles. The molecular weight excluding hydrogens is 215 g/mol. The van der Waals surface area contributed by atoms with Crippen LogP contribution >= 0.6 is 12.2 Å². The van der Waals surface area contributed by atoms with E-state index in [1.165, 1.54) is 6.07 Å². The number of rotatable bonds is 1. The quantitative estimate of drug-likeness (QED) is 0.742. The van der Waals surface area contributed by atoms with E-state index in [1.807, 2.05) is 0 Å². The molecule has 15 heavy (non-hydrogen) atoms. The summed E-state index contributed by atoms with van der Waals surface area (Å²) in [5.74, 6) is -0.437. The van der Waals surface area contributed by atoms with Crippen LogP contribution < -0.4 is 0 Å². The first kappa shape index (κ1) is 10.0. The maximum atomic E-state index is 13.4. The monoisotopic (exact) mass is 224 g/mol. The van der Waals surface area contributed by atoms with E-state index >= 15 is 0 Å². The summed E-state index contributed by atoms with van der Waals surface area (Å²) in [7, 11) is 1.68. The highest BCUT2D eigenvalue weighted by Crippen LogP contribution is 2.29. The summed E-state index contributed by atoms with van der Waals surface area (Å²) in [6, 6.07) is 6.31. The van der Waals surface area contributed by atoms with Gasteiger partial charge in [0.2, 0.25) is 12.1 Å². The van der Waals surface area contributed by atoms with E-state index in [9.17, 15) is 4.39 Å². The maximum absolute atomic E-state index is 13.4. The summed E-state index contributed by atoms with van der Waals surface area (Å²) < 4.78 is 18.6. The molecule has 5 heteroatoms. The Morgan fingerprint density at radius 3 is 2.67 bits per heavy atom. The fourth-order valence-corrected chi connectivity index (χ4v) is 1.60. The molecule has 3 nitrogen and oxygen atoms in total. The van der Waals surface area contributed by atoms with Gasteiger partial charge in [0.1, 0.15) is 5.82 Å². The zero-order valence-corrected chi connectivity index (χ0v) is 8.84. The number of halogens is 1. The SMILES string of the molecule is CN1C(=S)C(=N)OC1c1ccccc1F. The summed E-state index contributed by atoms with van der Waals surface area (Å²) in [6.07, 6.45) is -0.619. The highest BCUT2D eigenvalue weighted by atomic mass is 32.1. The second-order valence-electron chi connectivity index (χ2n) is 3.24. The highest BCUT2D eigenvalue weighted by Gasteiger charge is 2.34. The Kier molecular flexibility index (Phi) is 2.40. The van der Waals surface area contributed by atoms with Crippen molar-refractivity contribution in [2.24, 2.45) is 0 Å². The molecular formula is C10H9FN2OS. The van der Waals surface area contributed by atoms with Crippen LogP contribution in [0.3, 0.4) is 0 Å². The Morgan fingerprint density at radius 1 is 1.47 bits per heavy atom. The van der Waals surface area contributed by atoms with Gasteiger partial charge >= 0.3 is 0 Å². The van der Waals surface area contributed by atoms with Crippen LogP contribution in [-0.2, 0) is 4.74 Å². The first-order valence-corrected chi connectivity index (χ1v) is 4.79. The second-order valence-corrected chi connectivity index (χ2v) is 3.62. The first-order valence-electron chi connectivity index (χ1n) is 4.38. The number of nitrogens with zero attached hydrogens (tertiary/aromatic N) is 1. The Morgan fingerprint density at radius 2 is 2.13 bits per heavy atom. The van der Waals surface area contributed by atoms with Gasteiger partial charge < -0.3 is 9.64 Å². The van der Waals surface area contributed by atoms with Crippen molar-refractivity contribution in [2.45, 2.75) is 6.23 Å². The number of hydrogen-bond donors (Lipinski definition) is 1. The lowest BCUT2D eigenvalue weighted by Crippen LogP contribution is -2.23. The Bertz CT molecular complexity index is 435. The fraction of sp³-hybridized carbons (Fsp3) is 0.200. The van der Waals surface area contributed by atoms with Crippen molar-refractivity contribution in [1.29, 1.82) is 5.41 Å². The van der Waals surface area contributed by atoms with E-state index in [2.05, 4.69) is 0 Å². The van der Waals surface area contributed by atoms with Crippen LogP contribution in [0.2, 0.25) is 0 Å². The predicted octanol–water partition coefficient (Wildman–Crippen LogP) is 2.09. The molecule has 0 saturated carbocycles. The van der Waals surface area contributed by atoms with Crippen LogP contribution in [0.5, 0.6) is 0 Å². The van der Waals surface area contributed by atoms with Crippen molar-refractivity contribution in [3.63, 3.8) is 0 Å². The summed E-state index contributed by atoms with van der Waals surface area (Å²) >= 11 is 4.94. The molecule has 0 amide bonds. The van der Waals surface area contributed by atoms with Crippen molar-refractivity contribution in [3.05, 3.63) is 35.6 Å². The third kappa shape index (κ3) is 1.59. The Hall–Kier alpha value is -1.49. The smallest absolute Gasteiger partial charge is 0.244 e.